The Morgan fingerprint density at radius 2 is 1.85 bits per heavy atom. The summed E-state index contributed by atoms with van der Waals surface area (Å²) in [6.07, 6.45) is 3.43. The van der Waals surface area contributed by atoms with Crippen molar-refractivity contribution >= 4 is 29.6 Å². The van der Waals surface area contributed by atoms with Gasteiger partial charge in [0, 0.05) is 16.7 Å². The molecule has 2 aliphatic rings. The molecular weight excluding hydrogens is 739 g/mol. The monoisotopic (exact) mass is 775 g/mol. The molecule has 2 aromatic heterocycles. The summed E-state index contributed by atoms with van der Waals surface area (Å²) in [5.74, 6) is -2.11. The number of halogens is 4. The van der Waals surface area contributed by atoms with E-state index in [1.165, 1.54) is 30.3 Å². The lowest BCUT2D eigenvalue weighted by Crippen LogP contribution is -2.49. The predicted molar refractivity (Wildman–Crippen MR) is 195 cm³/mol. The summed E-state index contributed by atoms with van der Waals surface area (Å²) in [5, 5.41) is 26.0. The van der Waals surface area contributed by atoms with Gasteiger partial charge < -0.3 is 9.84 Å². The molecule has 5 aromatic rings. The molecule has 2 amide bonds. The second kappa shape index (κ2) is 14.9. The summed E-state index contributed by atoms with van der Waals surface area (Å²) in [5.41, 5.74) is -0.838. The number of benzene rings is 3. The lowest BCUT2D eigenvalue weighted by atomic mass is 9.75. The summed E-state index contributed by atoms with van der Waals surface area (Å²) >= 11 is 6.46. The maximum Gasteiger partial charge on any atom is 0.414 e. The number of alkyl halides is 2. The predicted octanol–water partition coefficient (Wildman–Crippen LogP) is 7.22. The van der Waals surface area contributed by atoms with E-state index in [0.717, 1.165) is 24.1 Å². The molecule has 286 valence electrons. The number of aliphatic hydroxyl groups is 1. The normalized spacial score (nSPS) is 17.8. The highest BCUT2D eigenvalue weighted by molar-refractivity contribution is 6.33. The Hall–Kier alpha value is -5.61. The van der Waals surface area contributed by atoms with Crippen LogP contribution in [0.25, 0.3) is 22.6 Å². The van der Waals surface area contributed by atoms with E-state index < -0.39 is 48.0 Å². The third-order valence-electron chi connectivity index (χ3n) is 9.26. The zero-order chi connectivity index (χ0) is 39.1. The smallest absolute Gasteiger partial charge is 0.414 e. The quantitative estimate of drug-likeness (QED) is 0.143. The van der Waals surface area contributed by atoms with Crippen LogP contribution in [0, 0.1) is 11.2 Å². The van der Waals surface area contributed by atoms with Crippen LogP contribution < -0.4 is 5.32 Å². The first kappa shape index (κ1) is 37.7. The van der Waals surface area contributed by atoms with Gasteiger partial charge in [-0.05, 0) is 54.0 Å². The highest BCUT2D eigenvalue weighted by Gasteiger charge is 2.55. The van der Waals surface area contributed by atoms with E-state index >= 15 is 9.18 Å². The van der Waals surface area contributed by atoms with Gasteiger partial charge in [-0.2, -0.15) is 33.6 Å². The van der Waals surface area contributed by atoms with Crippen molar-refractivity contribution in [3.05, 3.63) is 107 Å². The van der Waals surface area contributed by atoms with Crippen LogP contribution in [0.1, 0.15) is 75.4 Å². The summed E-state index contributed by atoms with van der Waals surface area (Å²) < 4.78 is 50.1. The van der Waals surface area contributed by atoms with Crippen molar-refractivity contribution < 1.29 is 32.6 Å². The summed E-state index contributed by atoms with van der Waals surface area (Å²) in [4.78, 5) is 39.9. The number of aliphatic hydroxyl groups excluding tert-OH is 1. The summed E-state index contributed by atoms with van der Waals surface area (Å²) in [6, 6.07) is 16.5. The molecule has 1 aliphatic carbocycles. The molecule has 1 aliphatic heterocycles. The van der Waals surface area contributed by atoms with E-state index in [-0.39, 0.29) is 52.6 Å². The third kappa shape index (κ3) is 7.69. The molecule has 7 rings (SSSR count). The van der Waals surface area contributed by atoms with Crippen molar-refractivity contribution in [1.82, 2.24) is 40.0 Å². The second-order valence-electron chi connectivity index (χ2n) is 14.6. The highest BCUT2D eigenvalue weighted by atomic mass is 35.5. The Balaban J connectivity index is 1.32. The van der Waals surface area contributed by atoms with Crippen molar-refractivity contribution in [2.75, 3.05) is 6.61 Å². The van der Waals surface area contributed by atoms with Crippen LogP contribution in [-0.2, 0) is 21.7 Å². The van der Waals surface area contributed by atoms with Gasteiger partial charge in [0.25, 0.3) is 5.91 Å². The summed E-state index contributed by atoms with van der Waals surface area (Å²) in [6.45, 7) is 1.68. The number of amides is 2. The molecule has 0 radical (unpaired) electrons. The van der Waals surface area contributed by atoms with Crippen molar-refractivity contribution in [2.45, 2.75) is 70.8 Å². The fraction of sp³-hybridized carbons (Fsp3) is 0.342. The van der Waals surface area contributed by atoms with Gasteiger partial charge in [0.1, 0.15) is 24.4 Å². The number of nitrogens with zero attached hydrogens (tertiary/aromatic N) is 8. The molecule has 0 unspecified atom stereocenters. The number of guanidine groups is 1. The fourth-order valence-electron chi connectivity index (χ4n) is 6.70. The minimum atomic E-state index is -3.04. The van der Waals surface area contributed by atoms with E-state index in [1.54, 1.807) is 41.3 Å². The van der Waals surface area contributed by atoms with E-state index in [4.69, 9.17) is 21.3 Å². The molecule has 0 saturated heterocycles. The molecular formula is C38H37ClF3N9O4. The van der Waals surface area contributed by atoms with E-state index in [9.17, 15) is 18.7 Å². The van der Waals surface area contributed by atoms with E-state index in [0.29, 0.717) is 21.5 Å². The SMILES string of the molecule is CC(C)(C)C[C@]1(c2ccc(-c3cnn(C4CC4)n3)cc2F)N=C(NC(=O)OCc2ccccc2)N([C@H](CO)c2ccc(Cl)c(-c3ncnn3C(F)F)c2)C1=O. The maximum atomic E-state index is 16.6. The Morgan fingerprint density at radius 3 is 2.53 bits per heavy atom. The van der Waals surface area contributed by atoms with Gasteiger partial charge >= 0.3 is 12.6 Å². The topological polar surface area (TPSA) is 153 Å². The number of aliphatic imine (C=N–C) groups is 1. The van der Waals surface area contributed by atoms with Crippen LogP contribution in [0.3, 0.4) is 0 Å². The van der Waals surface area contributed by atoms with Crippen LogP contribution in [0.4, 0.5) is 18.0 Å². The van der Waals surface area contributed by atoms with Gasteiger partial charge in [-0.25, -0.2) is 19.2 Å². The molecule has 1 fully saturated rings. The Labute approximate surface area is 318 Å². The zero-order valence-electron chi connectivity index (χ0n) is 30.0. The van der Waals surface area contributed by atoms with Crippen LogP contribution >= 0.6 is 11.6 Å². The maximum absolute atomic E-state index is 16.6. The largest absolute Gasteiger partial charge is 0.444 e. The number of nitrogens with one attached hydrogen (secondary N) is 1. The van der Waals surface area contributed by atoms with Gasteiger partial charge in [-0.15, -0.1) is 0 Å². The number of hydrogen-bond acceptors (Lipinski definition) is 9. The van der Waals surface area contributed by atoms with Gasteiger partial charge in [0.2, 0.25) is 5.96 Å². The van der Waals surface area contributed by atoms with Crippen molar-refractivity contribution in [2.24, 2.45) is 10.4 Å². The van der Waals surface area contributed by atoms with Crippen molar-refractivity contribution in [1.29, 1.82) is 0 Å². The van der Waals surface area contributed by atoms with Gasteiger partial charge in [0.15, 0.2) is 11.4 Å². The number of rotatable bonds is 11. The zero-order valence-corrected chi connectivity index (χ0v) is 30.8. The van der Waals surface area contributed by atoms with Crippen LogP contribution in [0.2, 0.25) is 5.02 Å². The van der Waals surface area contributed by atoms with Crippen molar-refractivity contribution in [3.8, 4) is 22.6 Å². The van der Waals surface area contributed by atoms with E-state index in [2.05, 4.69) is 25.6 Å². The average molecular weight is 776 g/mol. The van der Waals surface area contributed by atoms with Crippen LogP contribution in [0.15, 0.2) is 84.2 Å². The minimum Gasteiger partial charge on any atom is -0.444 e. The van der Waals surface area contributed by atoms with Gasteiger partial charge in [-0.3, -0.25) is 15.0 Å². The molecule has 17 heteroatoms. The molecule has 3 aromatic carbocycles. The van der Waals surface area contributed by atoms with E-state index in [1.807, 2.05) is 26.8 Å². The molecule has 2 atom stereocenters. The number of aromatic nitrogens is 6. The number of ether oxygens (including phenoxy) is 1. The molecule has 0 bridgehead atoms. The first-order valence-corrected chi connectivity index (χ1v) is 17.9. The number of carbonyl (C=O) groups excluding carboxylic acids is 2. The first-order valence-electron chi connectivity index (χ1n) is 17.5. The Bertz CT molecular complexity index is 2250. The fourth-order valence-corrected chi connectivity index (χ4v) is 6.90. The van der Waals surface area contributed by atoms with Crippen LogP contribution in [0.5, 0.6) is 0 Å². The molecule has 13 nitrogen and oxygen atoms in total. The third-order valence-corrected chi connectivity index (χ3v) is 9.59. The molecule has 55 heavy (non-hydrogen) atoms. The van der Waals surface area contributed by atoms with Gasteiger partial charge in [-0.1, -0.05) is 80.9 Å². The number of alkyl carbamates (subject to hydrolysis) is 1. The van der Waals surface area contributed by atoms with Crippen LogP contribution in [-0.4, -0.2) is 64.3 Å². The van der Waals surface area contributed by atoms with Crippen molar-refractivity contribution in [3.63, 3.8) is 0 Å². The lowest BCUT2D eigenvalue weighted by molar-refractivity contribution is -0.135. The van der Waals surface area contributed by atoms with Gasteiger partial charge in [0.05, 0.1) is 29.9 Å². The molecule has 3 heterocycles. The Morgan fingerprint density at radius 1 is 1.09 bits per heavy atom. The molecule has 1 saturated carbocycles. The first-order chi connectivity index (χ1) is 26.3. The molecule has 2 N–H and O–H groups in total. The minimum absolute atomic E-state index is 0.0325. The standard InChI is InChI=1S/C38H37ClF3N9O4/c1-37(2,3)20-38(27-13-9-23(16-29(27)40)30-17-44-51(48-30)25-11-12-25)33(53)49(35(47-38)46-36(54)55-19-22-7-5-4-6-8-22)31(18-52)24-10-14-28(39)26(15-24)32-43-21-45-50(32)34(41)42/h4-10,13-17,21,25,31,34,52H,11-12,18-20H2,1-3H3,(H,46,47,54)/t31-,38-/m1/s1. The summed E-state index contributed by atoms with van der Waals surface area (Å²) in [7, 11) is 0. The second-order valence-corrected chi connectivity index (χ2v) is 15.0. The number of hydrogen-bond donors (Lipinski definition) is 2. The molecule has 0 spiro atoms. The average Bonchev–Trinajstić information content (AvgIpc) is 3.54. The lowest BCUT2D eigenvalue weighted by Gasteiger charge is -2.35. The number of carbonyl (C=O) groups is 2. The Kier molecular flexibility index (Phi) is 10.2. The highest BCUT2D eigenvalue weighted by Crippen LogP contribution is 2.47.